The second kappa shape index (κ2) is 4.65. The molecule has 8 heteroatoms. The second-order valence-electron chi connectivity index (χ2n) is 3.14. The zero-order valence-corrected chi connectivity index (χ0v) is 11.0. The predicted molar refractivity (Wildman–Crippen MR) is 68.5 cm³/mol. The van der Waals surface area contributed by atoms with E-state index in [1.54, 1.807) is 18.3 Å². The van der Waals surface area contributed by atoms with Gasteiger partial charge < -0.3 is 5.73 Å². The van der Waals surface area contributed by atoms with Gasteiger partial charge in [-0.2, -0.15) is 0 Å². The summed E-state index contributed by atoms with van der Waals surface area (Å²) in [6.45, 7) is 0. The van der Waals surface area contributed by atoms with Gasteiger partial charge in [0.2, 0.25) is 10.0 Å². The van der Waals surface area contributed by atoms with Crippen molar-refractivity contribution >= 4 is 38.8 Å². The summed E-state index contributed by atoms with van der Waals surface area (Å²) in [6, 6.07) is 4.63. The maximum atomic E-state index is 11.2. The molecule has 0 saturated heterocycles. The quantitative estimate of drug-likeness (QED) is 0.834. The maximum absolute atomic E-state index is 11.2. The monoisotopic (exact) mass is 287 g/mol. The van der Waals surface area contributed by atoms with Gasteiger partial charge in [-0.15, -0.1) is 11.3 Å². The van der Waals surface area contributed by atoms with E-state index < -0.39 is 10.0 Å². The van der Waals surface area contributed by atoms with Crippen LogP contribution in [0.2, 0.25) is 0 Å². The Morgan fingerprint density at radius 1 is 1.35 bits per heavy atom. The molecule has 2 rings (SSSR count). The summed E-state index contributed by atoms with van der Waals surface area (Å²) in [4.78, 5) is 4.88. The van der Waals surface area contributed by atoms with Crippen molar-refractivity contribution in [1.82, 2.24) is 4.98 Å². The molecule has 17 heavy (non-hydrogen) atoms. The third-order valence-electron chi connectivity index (χ3n) is 1.90. The van der Waals surface area contributed by atoms with Crippen molar-refractivity contribution < 1.29 is 8.42 Å². The number of rotatable bonds is 3. The van der Waals surface area contributed by atoms with Crippen LogP contribution < -0.4 is 10.9 Å². The van der Waals surface area contributed by atoms with Crippen molar-refractivity contribution in [3.8, 4) is 0 Å². The fraction of sp³-hybridized carbons (Fsp3) is 0. The Hall–Kier alpha value is -1.09. The van der Waals surface area contributed by atoms with Crippen LogP contribution in [0.3, 0.4) is 0 Å². The average Bonchev–Trinajstić information content (AvgIpc) is 2.68. The Morgan fingerprint density at radius 3 is 2.65 bits per heavy atom. The van der Waals surface area contributed by atoms with Gasteiger partial charge >= 0.3 is 0 Å². The zero-order chi connectivity index (χ0) is 12.5. The van der Waals surface area contributed by atoms with E-state index >= 15 is 0 Å². The second-order valence-corrected chi connectivity index (χ2v) is 6.89. The first kappa shape index (κ1) is 12.4. The molecule has 0 aliphatic rings. The van der Waals surface area contributed by atoms with Gasteiger partial charge in [0.25, 0.3) is 0 Å². The molecule has 0 atom stereocenters. The lowest BCUT2D eigenvalue weighted by Crippen LogP contribution is -2.14. The molecule has 0 fully saturated rings. The van der Waals surface area contributed by atoms with E-state index in [1.165, 1.54) is 29.2 Å². The van der Waals surface area contributed by atoms with Crippen LogP contribution in [0, 0.1) is 0 Å². The molecule has 0 amide bonds. The third-order valence-corrected chi connectivity index (χ3v) is 4.76. The van der Waals surface area contributed by atoms with Crippen molar-refractivity contribution in [3.63, 3.8) is 0 Å². The number of hydrogen-bond donors (Lipinski definition) is 2. The molecule has 1 aromatic heterocycles. The standard InChI is InChI=1S/C9H9N3O2S3/c10-7-5-6(16-9-12-3-4-15-9)1-2-8(7)17(11,13)14/h1-5H,10H2,(H2,11,13,14). The first-order chi connectivity index (χ1) is 7.97. The van der Waals surface area contributed by atoms with Crippen LogP contribution in [0.4, 0.5) is 5.69 Å². The first-order valence-corrected chi connectivity index (χ1v) is 7.71. The fourth-order valence-corrected chi connectivity index (χ4v) is 3.50. The Labute approximate surface area is 107 Å². The number of thiazole rings is 1. The van der Waals surface area contributed by atoms with Crippen LogP contribution in [0.1, 0.15) is 0 Å². The summed E-state index contributed by atoms with van der Waals surface area (Å²) in [6.07, 6.45) is 1.70. The molecule has 0 saturated carbocycles. The highest BCUT2D eigenvalue weighted by molar-refractivity contribution is 8.01. The molecular weight excluding hydrogens is 278 g/mol. The lowest BCUT2D eigenvalue weighted by atomic mass is 10.3. The van der Waals surface area contributed by atoms with Gasteiger partial charge in [0.1, 0.15) is 4.90 Å². The molecular formula is C9H9N3O2S3. The minimum Gasteiger partial charge on any atom is -0.398 e. The van der Waals surface area contributed by atoms with E-state index in [-0.39, 0.29) is 10.6 Å². The summed E-state index contributed by atoms with van der Waals surface area (Å²) >= 11 is 2.92. The van der Waals surface area contributed by atoms with Crippen molar-refractivity contribution in [2.24, 2.45) is 5.14 Å². The smallest absolute Gasteiger partial charge is 0.240 e. The number of anilines is 1. The number of aromatic nitrogens is 1. The Kier molecular flexibility index (Phi) is 3.38. The highest BCUT2D eigenvalue weighted by atomic mass is 32.2. The zero-order valence-electron chi connectivity index (χ0n) is 8.53. The van der Waals surface area contributed by atoms with Crippen molar-refractivity contribution in [2.75, 3.05) is 5.73 Å². The number of nitrogens with zero attached hydrogens (tertiary/aromatic N) is 1. The number of sulfonamides is 1. The Bertz CT molecular complexity index is 623. The maximum Gasteiger partial charge on any atom is 0.240 e. The van der Waals surface area contributed by atoms with Crippen LogP contribution in [-0.4, -0.2) is 13.4 Å². The summed E-state index contributed by atoms with van der Waals surface area (Å²) < 4.78 is 23.2. The van der Waals surface area contributed by atoms with Crippen molar-refractivity contribution in [2.45, 2.75) is 14.1 Å². The van der Waals surface area contributed by atoms with Gasteiger partial charge in [0, 0.05) is 16.5 Å². The molecule has 0 unspecified atom stereocenters. The van der Waals surface area contributed by atoms with E-state index in [9.17, 15) is 8.42 Å². The highest BCUT2D eigenvalue weighted by Crippen LogP contribution is 2.31. The van der Waals surface area contributed by atoms with Gasteiger partial charge in [-0.3, -0.25) is 0 Å². The predicted octanol–water partition coefficient (Wildman–Crippen LogP) is 1.52. The molecule has 0 aliphatic carbocycles. The van der Waals surface area contributed by atoms with Gasteiger partial charge in [0.05, 0.1) is 5.69 Å². The van der Waals surface area contributed by atoms with E-state index in [1.807, 2.05) is 5.38 Å². The average molecular weight is 287 g/mol. The van der Waals surface area contributed by atoms with Crippen LogP contribution in [-0.2, 0) is 10.0 Å². The van der Waals surface area contributed by atoms with Crippen LogP contribution in [0.25, 0.3) is 0 Å². The van der Waals surface area contributed by atoms with Crippen molar-refractivity contribution in [3.05, 3.63) is 29.8 Å². The highest BCUT2D eigenvalue weighted by Gasteiger charge is 2.12. The van der Waals surface area contributed by atoms with Gasteiger partial charge in [-0.1, -0.05) is 11.8 Å². The topological polar surface area (TPSA) is 99.1 Å². The molecule has 5 nitrogen and oxygen atoms in total. The molecule has 0 spiro atoms. The molecule has 0 bridgehead atoms. The van der Waals surface area contributed by atoms with E-state index in [4.69, 9.17) is 10.9 Å². The fourth-order valence-electron chi connectivity index (χ4n) is 1.21. The Balaban J connectivity index is 2.32. The summed E-state index contributed by atoms with van der Waals surface area (Å²) in [5.74, 6) is 0. The lowest BCUT2D eigenvalue weighted by molar-refractivity contribution is 0.598. The normalized spacial score (nSPS) is 11.6. The van der Waals surface area contributed by atoms with Crippen LogP contribution in [0.5, 0.6) is 0 Å². The molecule has 0 aliphatic heterocycles. The van der Waals surface area contributed by atoms with E-state index in [2.05, 4.69) is 4.98 Å². The molecule has 90 valence electrons. The number of benzene rings is 1. The van der Waals surface area contributed by atoms with Gasteiger partial charge in [-0.05, 0) is 18.2 Å². The van der Waals surface area contributed by atoms with E-state index in [0.29, 0.717) is 0 Å². The number of hydrogen-bond acceptors (Lipinski definition) is 6. The van der Waals surface area contributed by atoms with Gasteiger partial charge in [-0.25, -0.2) is 18.5 Å². The molecule has 4 N–H and O–H groups in total. The minimum atomic E-state index is -3.76. The SMILES string of the molecule is Nc1cc(Sc2nccs2)ccc1S(N)(=O)=O. The van der Waals surface area contributed by atoms with Gasteiger partial charge in [0.15, 0.2) is 4.34 Å². The molecule has 1 aromatic carbocycles. The summed E-state index contributed by atoms with van der Waals surface area (Å²) in [7, 11) is -3.76. The Morgan fingerprint density at radius 2 is 2.12 bits per heavy atom. The number of nitrogen functional groups attached to an aromatic ring is 1. The molecule has 0 radical (unpaired) electrons. The van der Waals surface area contributed by atoms with E-state index in [0.717, 1.165) is 9.24 Å². The summed E-state index contributed by atoms with van der Waals surface area (Å²) in [5, 5.41) is 6.88. The number of nitrogens with two attached hydrogens (primary N) is 2. The third kappa shape index (κ3) is 2.97. The van der Waals surface area contributed by atoms with Crippen LogP contribution >= 0.6 is 23.1 Å². The first-order valence-electron chi connectivity index (χ1n) is 4.46. The lowest BCUT2D eigenvalue weighted by Gasteiger charge is -2.05. The number of primary sulfonamides is 1. The largest absolute Gasteiger partial charge is 0.398 e. The molecule has 2 aromatic rings. The molecule has 1 heterocycles. The van der Waals surface area contributed by atoms with Crippen LogP contribution in [0.15, 0.2) is 43.9 Å². The minimum absolute atomic E-state index is 0.0546. The summed E-state index contributed by atoms with van der Waals surface area (Å²) in [5.41, 5.74) is 5.79. The van der Waals surface area contributed by atoms with Crippen molar-refractivity contribution in [1.29, 1.82) is 0 Å².